The molecule has 1 saturated heterocycles. The fraction of sp³-hybridized carbons (Fsp3) is 0.111. The molecule has 9 heteroatoms. The molecule has 0 N–H and O–H groups in total. The number of hydrogen-bond donors (Lipinski definition) is 0. The third-order valence-corrected chi connectivity index (χ3v) is 6.28. The van der Waals surface area contributed by atoms with Crippen molar-refractivity contribution in [1.82, 2.24) is 0 Å². The molecule has 0 aliphatic carbocycles. The maximum atomic E-state index is 13.0. The second-order valence-electron chi connectivity index (χ2n) is 5.56. The molecule has 0 saturated carbocycles. The zero-order chi connectivity index (χ0) is 19.1. The Morgan fingerprint density at radius 1 is 1.22 bits per heavy atom. The summed E-state index contributed by atoms with van der Waals surface area (Å²) in [7, 11) is 1.59. The van der Waals surface area contributed by atoms with Crippen LogP contribution < -0.4 is 19.1 Å². The van der Waals surface area contributed by atoms with E-state index in [2.05, 4.69) is 31.9 Å². The Morgan fingerprint density at radius 3 is 2.78 bits per heavy atom. The first-order valence-electron chi connectivity index (χ1n) is 7.68. The molecular formula is C18H11Br2NO4S2. The Labute approximate surface area is 181 Å². The van der Waals surface area contributed by atoms with E-state index in [0.717, 1.165) is 14.5 Å². The lowest BCUT2D eigenvalue weighted by molar-refractivity contribution is -0.113. The molecule has 0 atom stereocenters. The van der Waals surface area contributed by atoms with Crippen molar-refractivity contribution in [3.63, 3.8) is 0 Å². The molecule has 0 bridgehead atoms. The van der Waals surface area contributed by atoms with E-state index in [1.54, 1.807) is 31.4 Å². The van der Waals surface area contributed by atoms with Crippen LogP contribution in [0, 0.1) is 0 Å². The molecule has 0 unspecified atom stereocenters. The van der Waals surface area contributed by atoms with Crippen molar-refractivity contribution in [3.05, 3.63) is 49.7 Å². The van der Waals surface area contributed by atoms with Gasteiger partial charge in [0.15, 0.2) is 15.8 Å². The topological polar surface area (TPSA) is 48.0 Å². The van der Waals surface area contributed by atoms with Crippen LogP contribution in [0.25, 0.3) is 6.08 Å². The van der Waals surface area contributed by atoms with Crippen molar-refractivity contribution in [1.29, 1.82) is 0 Å². The van der Waals surface area contributed by atoms with E-state index in [0.29, 0.717) is 32.2 Å². The smallest absolute Gasteiger partial charge is 0.270 e. The predicted octanol–water partition coefficient (Wildman–Crippen LogP) is 5.35. The summed E-state index contributed by atoms with van der Waals surface area (Å²) in [6.07, 6.45) is 1.78. The number of anilines is 1. The lowest BCUT2D eigenvalue weighted by Crippen LogP contribution is -2.27. The highest BCUT2D eigenvalue weighted by atomic mass is 79.9. The van der Waals surface area contributed by atoms with Gasteiger partial charge in [0, 0.05) is 16.1 Å². The number of thioether (sulfide) groups is 1. The van der Waals surface area contributed by atoms with Crippen LogP contribution in [0.3, 0.4) is 0 Å². The normalized spacial score (nSPS) is 17.1. The van der Waals surface area contributed by atoms with E-state index in [-0.39, 0.29) is 12.7 Å². The number of carbonyl (C=O) groups excluding carboxylic acids is 1. The average molecular weight is 529 g/mol. The van der Waals surface area contributed by atoms with Gasteiger partial charge < -0.3 is 14.2 Å². The number of carbonyl (C=O) groups is 1. The molecule has 2 aliphatic heterocycles. The summed E-state index contributed by atoms with van der Waals surface area (Å²) in [6.45, 7) is 0.175. The fourth-order valence-corrected chi connectivity index (χ4v) is 5.47. The second kappa shape index (κ2) is 7.46. The first-order chi connectivity index (χ1) is 13.0. The molecule has 2 aromatic carbocycles. The number of fused-ring (bicyclic) bond motifs is 1. The van der Waals surface area contributed by atoms with Crippen LogP contribution in [-0.2, 0) is 4.79 Å². The average Bonchev–Trinajstić information content (AvgIpc) is 3.18. The molecular weight excluding hydrogens is 518 g/mol. The van der Waals surface area contributed by atoms with Crippen molar-refractivity contribution in [2.75, 3.05) is 18.8 Å². The Bertz CT molecular complexity index is 1010. The summed E-state index contributed by atoms with van der Waals surface area (Å²) >= 11 is 13.6. The second-order valence-corrected chi connectivity index (χ2v) is 9.01. The highest BCUT2D eigenvalue weighted by molar-refractivity contribution is 9.11. The molecule has 138 valence electrons. The van der Waals surface area contributed by atoms with Crippen LogP contribution in [0.1, 0.15) is 5.56 Å². The number of amides is 1. The maximum Gasteiger partial charge on any atom is 0.270 e. The van der Waals surface area contributed by atoms with Crippen molar-refractivity contribution in [2.24, 2.45) is 0 Å². The van der Waals surface area contributed by atoms with E-state index in [1.165, 1.54) is 16.7 Å². The molecule has 1 amide bonds. The summed E-state index contributed by atoms with van der Waals surface area (Å²) in [4.78, 5) is 15.0. The zero-order valence-corrected chi connectivity index (χ0v) is 18.6. The van der Waals surface area contributed by atoms with Gasteiger partial charge in [0.25, 0.3) is 5.91 Å². The molecule has 1 fully saturated rings. The first-order valence-corrected chi connectivity index (χ1v) is 10.5. The third kappa shape index (κ3) is 3.49. The minimum absolute atomic E-state index is 0.175. The number of hydrogen-bond acceptors (Lipinski definition) is 6. The van der Waals surface area contributed by atoms with Crippen LogP contribution in [-0.4, -0.2) is 24.1 Å². The molecule has 0 radical (unpaired) electrons. The SMILES string of the molecule is COc1c(Br)cc(Br)cc1/C=C1/SC(=S)N(c2ccc3c(c2)OCO3)C1=O. The van der Waals surface area contributed by atoms with Crippen molar-refractivity contribution in [2.45, 2.75) is 0 Å². The van der Waals surface area contributed by atoms with Gasteiger partial charge in [0.1, 0.15) is 5.75 Å². The fourth-order valence-electron chi connectivity index (χ4n) is 2.76. The molecule has 27 heavy (non-hydrogen) atoms. The van der Waals surface area contributed by atoms with E-state index in [9.17, 15) is 4.79 Å². The highest BCUT2D eigenvalue weighted by Gasteiger charge is 2.34. The van der Waals surface area contributed by atoms with Crippen LogP contribution >= 0.6 is 55.8 Å². The van der Waals surface area contributed by atoms with Crippen molar-refractivity contribution >= 4 is 77.8 Å². The Balaban J connectivity index is 1.71. The molecule has 0 aromatic heterocycles. The maximum absolute atomic E-state index is 13.0. The number of halogens is 2. The minimum Gasteiger partial charge on any atom is -0.495 e. The van der Waals surface area contributed by atoms with Gasteiger partial charge in [0.2, 0.25) is 6.79 Å². The summed E-state index contributed by atoms with van der Waals surface area (Å²) in [5.74, 6) is 1.71. The van der Waals surface area contributed by atoms with Gasteiger partial charge in [-0.05, 0) is 46.3 Å². The standard InChI is InChI=1S/C18H11Br2NO4S2/c1-23-16-9(4-10(19)6-12(16)20)5-15-17(22)21(18(26)27-15)11-2-3-13-14(7-11)25-8-24-13/h2-7H,8H2,1H3/b15-5+. The van der Waals surface area contributed by atoms with Crippen molar-refractivity contribution < 1.29 is 19.0 Å². The van der Waals surface area contributed by atoms with E-state index >= 15 is 0 Å². The van der Waals surface area contributed by atoms with Crippen LogP contribution in [0.2, 0.25) is 0 Å². The molecule has 4 rings (SSSR count). The summed E-state index contributed by atoms with van der Waals surface area (Å²) in [5.41, 5.74) is 1.41. The number of rotatable bonds is 3. The molecule has 0 spiro atoms. The number of methoxy groups -OCH3 is 1. The van der Waals surface area contributed by atoms with Gasteiger partial charge in [-0.15, -0.1) is 0 Å². The van der Waals surface area contributed by atoms with E-state index in [4.69, 9.17) is 26.4 Å². The largest absolute Gasteiger partial charge is 0.495 e. The summed E-state index contributed by atoms with van der Waals surface area (Å²) in [6, 6.07) is 9.09. The molecule has 2 aliphatic rings. The lowest BCUT2D eigenvalue weighted by Gasteiger charge is -2.15. The lowest BCUT2D eigenvalue weighted by atomic mass is 10.2. The molecule has 2 heterocycles. The minimum atomic E-state index is -0.193. The highest BCUT2D eigenvalue weighted by Crippen LogP contribution is 2.42. The quantitative estimate of drug-likeness (QED) is 0.395. The van der Waals surface area contributed by atoms with Crippen LogP contribution in [0.5, 0.6) is 17.2 Å². The third-order valence-electron chi connectivity index (χ3n) is 3.94. The first kappa shape index (κ1) is 18.8. The van der Waals surface area contributed by atoms with E-state index in [1.807, 2.05) is 12.1 Å². The summed E-state index contributed by atoms with van der Waals surface area (Å²) < 4.78 is 18.3. The Kier molecular flexibility index (Phi) is 5.19. The number of nitrogens with zero attached hydrogens (tertiary/aromatic N) is 1. The van der Waals surface area contributed by atoms with Gasteiger partial charge in [-0.25, -0.2) is 0 Å². The predicted molar refractivity (Wildman–Crippen MR) is 117 cm³/mol. The van der Waals surface area contributed by atoms with Gasteiger partial charge in [-0.1, -0.05) is 39.9 Å². The van der Waals surface area contributed by atoms with Gasteiger partial charge >= 0.3 is 0 Å². The number of benzene rings is 2. The Hall–Kier alpha value is -1.55. The van der Waals surface area contributed by atoms with Gasteiger partial charge in [-0.3, -0.25) is 9.69 Å². The number of ether oxygens (including phenoxy) is 3. The Morgan fingerprint density at radius 2 is 2.00 bits per heavy atom. The molecule has 2 aromatic rings. The summed E-state index contributed by atoms with van der Waals surface area (Å²) in [5, 5.41) is 0. The number of thiocarbonyl (C=S) groups is 1. The van der Waals surface area contributed by atoms with Gasteiger partial charge in [-0.2, -0.15) is 0 Å². The zero-order valence-electron chi connectivity index (χ0n) is 13.8. The van der Waals surface area contributed by atoms with E-state index < -0.39 is 0 Å². The van der Waals surface area contributed by atoms with Crippen LogP contribution in [0.15, 0.2) is 44.2 Å². The van der Waals surface area contributed by atoms with Gasteiger partial charge in [0.05, 0.1) is 22.2 Å². The molecule has 5 nitrogen and oxygen atoms in total. The van der Waals surface area contributed by atoms with Crippen molar-refractivity contribution in [3.8, 4) is 17.2 Å². The monoisotopic (exact) mass is 527 g/mol. The van der Waals surface area contributed by atoms with Crippen LogP contribution in [0.4, 0.5) is 5.69 Å².